The summed E-state index contributed by atoms with van der Waals surface area (Å²) in [5.41, 5.74) is 5.90. The van der Waals surface area contributed by atoms with Crippen LogP contribution in [0.1, 0.15) is 29.4 Å². The summed E-state index contributed by atoms with van der Waals surface area (Å²) in [6.45, 7) is 5.04. The van der Waals surface area contributed by atoms with Gasteiger partial charge in [0.25, 0.3) is 5.91 Å². The summed E-state index contributed by atoms with van der Waals surface area (Å²) in [4.78, 5) is 19.2. The van der Waals surface area contributed by atoms with E-state index in [2.05, 4.69) is 22.1 Å². The van der Waals surface area contributed by atoms with Crippen molar-refractivity contribution in [2.75, 3.05) is 36.9 Å². The number of carbonyl (C=O) groups excluding carboxylic acids is 1. The molecule has 3 N–H and O–H groups in total. The van der Waals surface area contributed by atoms with Gasteiger partial charge in [-0.25, -0.2) is 4.98 Å². The topological polar surface area (TPSA) is 80.5 Å². The van der Waals surface area contributed by atoms with E-state index in [1.807, 2.05) is 0 Å². The van der Waals surface area contributed by atoms with Gasteiger partial charge in [0.1, 0.15) is 10.7 Å². The predicted octanol–water partition coefficient (Wildman–Crippen LogP) is 1.09. The first kappa shape index (κ1) is 13.6. The van der Waals surface area contributed by atoms with Crippen molar-refractivity contribution in [3.8, 4) is 0 Å². The Balaban J connectivity index is 1.69. The SMILES string of the molecule is CC(NC(=O)c1sc(N2CCOCC2)nc1N)C1CC1. The lowest BCUT2D eigenvalue weighted by atomic mass is 10.2. The Morgan fingerprint density at radius 2 is 2.20 bits per heavy atom. The summed E-state index contributed by atoms with van der Waals surface area (Å²) < 4.78 is 5.32. The maximum Gasteiger partial charge on any atom is 0.265 e. The van der Waals surface area contributed by atoms with Gasteiger partial charge in [0, 0.05) is 19.1 Å². The number of morpholine rings is 1. The first-order valence-corrected chi connectivity index (χ1v) is 7.86. The first-order valence-electron chi connectivity index (χ1n) is 7.05. The number of rotatable bonds is 4. The normalized spacial score (nSPS) is 20.8. The van der Waals surface area contributed by atoms with Crippen LogP contribution in [0.3, 0.4) is 0 Å². The highest BCUT2D eigenvalue weighted by Gasteiger charge is 2.30. The van der Waals surface area contributed by atoms with Crippen LogP contribution in [0.25, 0.3) is 0 Å². The maximum absolute atomic E-state index is 12.2. The molecular weight excluding hydrogens is 276 g/mol. The molecule has 1 amide bonds. The van der Waals surface area contributed by atoms with Crippen LogP contribution < -0.4 is 16.0 Å². The lowest BCUT2D eigenvalue weighted by Crippen LogP contribution is -2.36. The maximum atomic E-state index is 12.2. The Kier molecular flexibility index (Phi) is 3.80. The Morgan fingerprint density at radius 1 is 1.50 bits per heavy atom. The smallest absolute Gasteiger partial charge is 0.265 e. The summed E-state index contributed by atoms with van der Waals surface area (Å²) >= 11 is 1.37. The Morgan fingerprint density at radius 3 is 2.85 bits per heavy atom. The molecule has 7 heteroatoms. The number of amides is 1. The van der Waals surface area contributed by atoms with Crippen LogP contribution in [0.15, 0.2) is 0 Å². The van der Waals surface area contributed by atoms with Crippen molar-refractivity contribution in [2.24, 2.45) is 5.92 Å². The summed E-state index contributed by atoms with van der Waals surface area (Å²) in [6.07, 6.45) is 2.41. The van der Waals surface area contributed by atoms with E-state index in [9.17, 15) is 4.79 Å². The van der Waals surface area contributed by atoms with E-state index in [-0.39, 0.29) is 11.9 Å². The number of ether oxygens (including phenoxy) is 1. The lowest BCUT2D eigenvalue weighted by Gasteiger charge is -2.25. The average Bonchev–Trinajstić information content (AvgIpc) is 3.22. The molecule has 20 heavy (non-hydrogen) atoms. The van der Waals surface area contributed by atoms with Gasteiger partial charge in [-0.15, -0.1) is 0 Å². The molecule has 2 fully saturated rings. The summed E-state index contributed by atoms with van der Waals surface area (Å²) in [5.74, 6) is 0.864. The highest BCUT2D eigenvalue weighted by molar-refractivity contribution is 7.18. The molecule has 1 unspecified atom stereocenters. The minimum Gasteiger partial charge on any atom is -0.382 e. The number of nitrogens with two attached hydrogens (primary N) is 1. The van der Waals surface area contributed by atoms with E-state index in [1.54, 1.807) is 0 Å². The zero-order valence-electron chi connectivity index (χ0n) is 11.6. The molecule has 1 aromatic rings. The summed E-state index contributed by atoms with van der Waals surface area (Å²) in [7, 11) is 0. The molecule has 3 rings (SSSR count). The lowest BCUT2D eigenvalue weighted by molar-refractivity contribution is 0.0940. The predicted molar refractivity (Wildman–Crippen MR) is 79.2 cm³/mol. The van der Waals surface area contributed by atoms with Gasteiger partial charge >= 0.3 is 0 Å². The summed E-state index contributed by atoms with van der Waals surface area (Å²) in [5, 5.41) is 3.84. The van der Waals surface area contributed by atoms with Gasteiger partial charge in [-0.1, -0.05) is 11.3 Å². The zero-order valence-corrected chi connectivity index (χ0v) is 12.4. The van der Waals surface area contributed by atoms with E-state index >= 15 is 0 Å². The largest absolute Gasteiger partial charge is 0.382 e. The third kappa shape index (κ3) is 2.88. The first-order chi connectivity index (χ1) is 9.65. The van der Waals surface area contributed by atoms with E-state index in [1.165, 1.54) is 24.2 Å². The molecule has 6 nitrogen and oxygen atoms in total. The molecule has 1 saturated heterocycles. The number of hydrogen-bond acceptors (Lipinski definition) is 6. The van der Waals surface area contributed by atoms with Gasteiger partial charge < -0.3 is 20.7 Å². The van der Waals surface area contributed by atoms with Crippen molar-refractivity contribution < 1.29 is 9.53 Å². The molecular formula is C13H20N4O2S. The molecule has 2 aliphatic rings. The third-order valence-corrected chi connectivity index (χ3v) is 4.95. The molecule has 110 valence electrons. The monoisotopic (exact) mass is 296 g/mol. The number of nitrogen functional groups attached to an aromatic ring is 1. The second-order valence-corrected chi connectivity index (χ2v) is 6.39. The zero-order chi connectivity index (χ0) is 14.1. The molecule has 0 radical (unpaired) electrons. The second-order valence-electron chi connectivity index (χ2n) is 5.41. The molecule has 1 aromatic heterocycles. The quantitative estimate of drug-likeness (QED) is 0.869. The number of anilines is 2. The van der Waals surface area contributed by atoms with Crippen LogP contribution in [0.4, 0.5) is 10.9 Å². The number of carbonyl (C=O) groups is 1. The molecule has 0 spiro atoms. The summed E-state index contributed by atoms with van der Waals surface area (Å²) in [6, 6.07) is 0.218. The van der Waals surface area contributed by atoms with E-state index < -0.39 is 0 Å². The van der Waals surface area contributed by atoms with Gasteiger partial charge in [-0.05, 0) is 25.7 Å². The minimum atomic E-state index is -0.0982. The third-order valence-electron chi connectivity index (χ3n) is 3.82. The number of aromatic nitrogens is 1. The van der Waals surface area contributed by atoms with E-state index in [0.717, 1.165) is 18.2 Å². The van der Waals surface area contributed by atoms with Crippen LogP contribution in [0, 0.1) is 5.92 Å². The van der Waals surface area contributed by atoms with Crippen molar-refractivity contribution in [1.82, 2.24) is 10.3 Å². The van der Waals surface area contributed by atoms with Crippen LogP contribution >= 0.6 is 11.3 Å². The van der Waals surface area contributed by atoms with Crippen molar-refractivity contribution in [1.29, 1.82) is 0 Å². The fraction of sp³-hybridized carbons (Fsp3) is 0.692. The van der Waals surface area contributed by atoms with E-state index in [4.69, 9.17) is 10.5 Å². The standard InChI is InChI=1S/C13H20N4O2S/c1-8(9-2-3-9)15-12(18)10-11(14)16-13(20-10)17-4-6-19-7-5-17/h8-9H,2-7,14H2,1H3,(H,15,18). The number of nitrogens with zero attached hydrogens (tertiary/aromatic N) is 2. The number of thiazole rings is 1. The van der Waals surface area contributed by atoms with Gasteiger partial charge in [-0.3, -0.25) is 4.79 Å². The van der Waals surface area contributed by atoms with Crippen LogP contribution in [0.2, 0.25) is 0 Å². The van der Waals surface area contributed by atoms with Crippen molar-refractivity contribution in [3.05, 3.63) is 4.88 Å². The molecule has 1 atom stereocenters. The Hall–Kier alpha value is -1.34. The molecule has 1 saturated carbocycles. The molecule has 1 aliphatic carbocycles. The Labute approximate surface area is 122 Å². The molecule has 2 heterocycles. The Bertz CT molecular complexity index is 495. The number of nitrogens with one attached hydrogen (secondary N) is 1. The van der Waals surface area contributed by atoms with Crippen molar-refractivity contribution in [3.63, 3.8) is 0 Å². The van der Waals surface area contributed by atoms with Crippen LogP contribution in [-0.2, 0) is 4.74 Å². The minimum absolute atomic E-state index is 0.0982. The highest BCUT2D eigenvalue weighted by atomic mass is 32.1. The van der Waals surface area contributed by atoms with Crippen LogP contribution in [-0.4, -0.2) is 43.2 Å². The highest BCUT2D eigenvalue weighted by Crippen LogP contribution is 2.33. The number of hydrogen-bond donors (Lipinski definition) is 2. The average molecular weight is 296 g/mol. The second kappa shape index (κ2) is 5.57. The molecule has 1 aliphatic heterocycles. The van der Waals surface area contributed by atoms with E-state index in [0.29, 0.717) is 29.8 Å². The fourth-order valence-corrected chi connectivity index (χ4v) is 3.30. The molecule has 0 bridgehead atoms. The van der Waals surface area contributed by atoms with Crippen LogP contribution in [0.5, 0.6) is 0 Å². The van der Waals surface area contributed by atoms with Gasteiger partial charge in [-0.2, -0.15) is 0 Å². The molecule has 0 aromatic carbocycles. The fourth-order valence-electron chi connectivity index (χ4n) is 2.36. The van der Waals surface area contributed by atoms with Gasteiger partial charge in [0.15, 0.2) is 5.13 Å². The van der Waals surface area contributed by atoms with Crippen molar-refractivity contribution in [2.45, 2.75) is 25.8 Å². The van der Waals surface area contributed by atoms with Gasteiger partial charge in [0.05, 0.1) is 13.2 Å². The van der Waals surface area contributed by atoms with Gasteiger partial charge in [0.2, 0.25) is 0 Å². The van der Waals surface area contributed by atoms with Crippen molar-refractivity contribution >= 4 is 28.2 Å².